The number of halogens is 3. The minimum Gasteiger partial charge on any atom is -0.490 e. The van der Waals surface area contributed by atoms with Crippen LogP contribution in [-0.2, 0) is 12.7 Å². The molecular weight excluding hydrogens is 551 g/mol. The Kier molecular flexibility index (Phi) is 10.1. The lowest BCUT2D eigenvalue weighted by molar-refractivity contribution is -0.137. The number of alkyl halides is 3. The van der Waals surface area contributed by atoms with Gasteiger partial charge in [-0.25, -0.2) is 0 Å². The molecule has 3 aromatic carbocycles. The first-order valence-electron chi connectivity index (χ1n) is 15.1. The monoisotopic (exact) mass is 589 g/mol. The Bertz CT molecular complexity index is 1440. The average molecular weight is 590 g/mol. The summed E-state index contributed by atoms with van der Waals surface area (Å²) in [7, 11) is 0. The summed E-state index contributed by atoms with van der Waals surface area (Å²) in [5.74, 6) is 6.69. The van der Waals surface area contributed by atoms with E-state index < -0.39 is 11.7 Å². The van der Waals surface area contributed by atoms with Gasteiger partial charge in [-0.15, -0.1) is 0 Å². The highest BCUT2D eigenvalue weighted by Gasteiger charge is 2.30. The fourth-order valence-corrected chi connectivity index (χ4v) is 5.84. The molecule has 0 saturated carbocycles. The van der Waals surface area contributed by atoms with Gasteiger partial charge in [0.25, 0.3) is 5.91 Å². The normalized spacial score (nSPS) is 18.2. The highest BCUT2D eigenvalue weighted by Crippen LogP contribution is 2.29. The summed E-state index contributed by atoms with van der Waals surface area (Å²) >= 11 is 0. The first-order chi connectivity index (χ1) is 20.8. The van der Waals surface area contributed by atoms with Crippen LogP contribution >= 0.6 is 0 Å². The van der Waals surface area contributed by atoms with Crippen LogP contribution in [0.4, 0.5) is 13.2 Å². The standard InChI is InChI=1S/C35H38F3N3O2/c1-2-41-19-5-9-31(41)24-39-34(42)29-8-4-10-33(23-29)43-32-17-20-40(21-18-32)25-28-7-3-6-27(22-28)12-11-26-13-15-30(16-14-26)35(36,37)38/h3-4,6-8,10,13-16,22-23,31-32H,2,5,9,17-21,24-25H2,1H3,(H,39,42). The molecule has 5 nitrogen and oxygen atoms in total. The molecule has 0 radical (unpaired) electrons. The zero-order valence-electron chi connectivity index (χ0n) is 24.5. The maximum atomic E-state index is 12.8. The van der Waals surface area contributed by atoms with E-state index in [9.17, 15) is 18.0 Å². The number of carbonyl (C=O) groups is 1. The summed E-state index contributed by atoms with van der Waals surface area (Å²) in [4.78, 5) is 17.6. The lowest BCUT2D eigenvalue weighted by Gasteiger charge is -2.32. The Balaban J connectivity index is 1.09. The number of piperidine rings is 1. The summed E-state index contributed by atoms with van der Waals surface area (Å²) in [6, 6.07) is 20.7. The van der Waals surface area contributed by atoms with Gasteiger partial charge in [-0.3, -0.25) is 14.6 Å². The summed E-state index contributed by atoms with van der Waals surface area (Å²) in [5.41, 5.74) is 2.45. The molecule has 0 aromatic heterocycles. The van der Waals surface area contributed by atoms with Crippen molar-refractivity contribution in [2.75, 3.05) is 32.7 Å². The van der Waals surface area contributed by atoms with E-state index in [2.05, 4.69) is 39.9 Å². The van der Waals surface area contributed by atoms with Gasteiger partial charge in [-0.05, 0) is 98.9 Å². The van der Waals surface area contributed by atoms with Crippen LogP contribution in [0.2, 0.25) is 0 Å². The van der Waals surface area contributed by atoms with Gasteiger partial charge in [0, 0.05) is 48.9 Å². The number of likely N-dealkylation sites (tertiary alicyclic amines) is 2. The Hall–Kier alpha value is -3.80. The highest BCUT2D eigenvalue weighted by molar-refractivity contribution is 5.94. The molecule has 5 rings (SSSR count). The quantitative estimate of drug-likeness (QED) is 0.311. The van der Waals surface area contributed by atoms with Crippen molar-refractivity contribution in [3.05, 3.63) is 101 Å². The van der Waals surface area contributed by atoms with Crippen molar-refractivity contribution in [1.29, 1.82) is 0 Å². The summed E-state index contributed by atoms with van der Waals surface area (Å²) in [6.07, 6.45) is -0.174. The lowest BCUT2D eigenvalue weighted by Crippen LogP contribution is -2.40. The number of carbonyl (C=O) groups excluding carboxylic acids is 1. The summed E-state index contributed by atoms with van der Waals surface area (Å²) in [6.45, 7) is 7.52. The van der Waals surface area contributed by atoms with Crippen LogP contribution in [0, 0.1) is 11.8 Å². The van der Waals surface area contributed by atoms with Gasteiger partial charge in [0.2, 0.25) is 0 Å². The van der Waals surface area contributed by atoms with Gasteiger partial charge >= 0.3 is 6.18 Å². The summed E-state index contributed by atoms with van der Waals surface area (Å²) in [5, 5.41) is 3.10. The van der Waals surface area contributed by atoms with E-state index in [1.807, 2.05) is 42.5 Å². The van der Waals surface area contributed by atoms with Gasteiger partial charge in [0.15, 0.2) is 0 Å². The zero-order valence-corrected chi connectivity index (χ0v) is 24.5. The molecule has 2 saturated heterocycles. The molecule has 2 aliphatic rings. The second-order valence-corrected chi connectivity index (χ2v) is 11.3. The molecule has 0 aliphatic carbocycles. The van der Waals surface area contributed by atoms with E-state index in [0.29, 0.717) is 23.7 Å². The Morgan fingerprint density at radius 3 is 2.42 bits per heavy atom. The largest absolute Gasteiger partial charge is 0.490 e. The van der Waals surface area contributed by atoms with Crippen molar-refractivity contribution in [3.63, 3.8) is 0 Å². The minimum atomic E-state index is -4.35. The molecule has 1 atom stereocenters. The van der Waals surface area contributed by atoms with Crippen LogP contribution in [0.15, 0.2) is 72.8 Å². The van der Waals surface area contributed by atoms with Crippen molar-refractivity contribution in [3.8, 4) is 17.6 Å². The first-order valence-corrected chi connectivity index (χ1v) is 15.1. The molecule has 0 spiro atoms. The van der Waals surface area contributed by atoms with E-state index in [1.54, 1.807) is 0 Å². The maximum Gasteiger partial charge on any atom is 0.416 e. The summed E-state index contributed by atoms with van der Waals surface area (Å²) < 4.78 is 44.6. The third kappa shape index (κ3) is 8.62. The fraction of sp³-hybridized carbons (Fsp3) is 0.400. The molecule has 2 aliphatic heterocycles. The smallest absolute Gasteiger partial charge is 0.416 e. The molecule has 3 aromatic rings. The van der Waals surface area contributed by atoms with Crippen LogP contribution in [0.25, 0.3) is 0 Å². The number of amides is 1. The molecule has 8 heteroatoms. The van der Waals surface area contributed by atoms with Gasteiger partial charge in [-0.2, -0.15) is 13.2 Å². The SMILES string of the molecule is CCN1CCCC1CNC(=O)c1cccc(OC2CCN(Cc3cccc(C#Cc4ccc(C(F)(F)F)cc4)c3)CC2)c1. The molecule has 1 amide bonds. The minimum absolute atomic E-state index is 0.0606. The number of ether oxygens (including phenoxy) is 1. The Morgan fingerprint density at radius 2 is 1.67 bits per heavy atom. The molecule has 2 fully saturated rings. The third-order valence-corrected chi connectivity index (χ3v) is 8.23. The van der Waals surface area contributed by atoms with Crippen LogP contribution in [0.1, 0.15) is 65.2 Å². The number of likely N-dealkylation sites (N-methyl/N-ethyl adjacent to an activating group) is 1. The van der Waals surface area contributed by atoms with Crippen molar-refractivity contribution in [1.82, 2.24) is 15.1 Å². The van der Waals surface area contributed by atoms with Crippen LogP contribution in [0.3, 0.4) is 0 Å². The number of hydrogen-bond acceptors (Lipinski definition) is 4. The van der Waals surface area contributed by atoms with Gasteiger partial charge in [0.1, 0.15) is 11.9 Å². The topological polar surface area (TPSA) is 44.8 Å². The van der Waals surface area contributed by atoms with Crippen molar-refractivity contribution < 1.29 is 22.7 Å². The van der Waals surface area contributed by atoms with Crippen LogP contribution in [0.5, 0.6) is 5.75 Å². The number of nitrogens with zero attached hydrogens (tertiary/aromatic N) is 2. The first kappa shape index (κ1) is 30.7. The average Bonchev–Trinajstić information content (AvgIpc) is 3.48. The van der Waals surface area contributed by atoms with Crippen LogP contribution in [-0.4, -0.2) is 60.6 Å². The molecule has 43 heavy (non-hydrogen) atoms. The molecule has 1 unspecified atom stereocenters. The lowest BCUT2D eigenvalue weighted by atomic mass is 10.1. The molecule has 226 valence electrons. The van der Waals surface area contributed by atoms with Crippen molar-refractivity contribution >= 4 is 5.91 Å². The predicted molar refractivity (Wildman–Crippen MR) is 162 cm³/mol. The van der Waals surface area contributed by atoms with E-state index in [0.717, 1.165) is 81.0 Å². The third-order valence-electron chi connectivity index (χ3n) is 8.23. The second kappa shape index (κ2) is 14.1. The van der Waals surface area contributed by atoms with E-state index >= 15 is 0 Å². The van der Waals surface area contributed by atoms with Crippen molar-refractivity contribution in [2.24, 2.45) is 0 Å². The number of hydrogen-bond donors (Lipinski definition) is 1. The van der Waals surface area contributed by atoms with Crippen molar-refractivity contribution in [2.45, 2.75) is 57.5 Å². The Labute approximate surface area is 252 Å². The fourth-order valence-electron chi connectivity index (χ4n) is 5.84. The van der Waals surface area contributed by atoms with Crippen LogP contribution < -0.4 is 10.1 Å². The van der Waals surface area contributed by atoms with E-state index in [1.165, 1.54) is 18.6 Å². The maximum absolute atomic E-state index is 12.8. The zero-order chi connectivity index (χ0) is 30.2. The van der Waals surface area contributed by atoms with E-state index in [4.69, 9.17) is 4.74 Å². The highest BCUT2D eigenvalue weighted by atomic mass is 19.4. The predicted octanol–water partition coefficient (Wildman–Crippen LogP) is 6.36. The number of nitrogens with one attached hydrogen (secondary N) is 1. The van der Waals surface area contributed by atoms with Gasteiger partial charge < -0.3 is 10.1 Å². The van der Waals surface area contributed by atoms with Gasteiger partial charge in [-0.1, -0.05) is 37.0 Å². The Morgan fingerprint density at radius 1 is 0.930 bits per heavy atom. The second-order valence-electron chi connectivity index (χ2n) is 11.3. The molecule has 1 N–H and O–H groups in total. The molecule has 0 bridgehead atoms. The van der Waals surface area contributed by atoms with E-state index in [-0.39, 0.29) is 12.0 Å². The number of benzene rings is 3. The number of rotatable bonds is 8. The molecular formula is C35H38F3N3O2. The van der Waals surface area contributed by atoms with Gasteiger partial charge in [0.05, 0.1) is 5.56 Å². The molecule has 2 heterocycles.